The van der Waals surface area contributed by atoms with Gasteiger partial charge < -0.3 is 4.74 Å². The van der Waals surface area contributed by atoms with E-state index in [0.29, 0.717) is 30.8 Å². The highest BCUT2D eigenvalue weighted by molar-refractivity contribution is 6.00. The molecule has 108 valence electrons. The summed E-state index contributed by atoms with van der Waals surface area (Å²) in [6.45, 7) is 0.901. The quantitative estimate of drug-likeness (QED) is 0.758. The van der Waals surface area contributed by atoms with Crippen LogP contribution in [0.2, 0.25) is 0 Å². The summed E-state index contributed by atoms with van der Waals surface area (Å²) in [5.41, 5.74) is 1.17. The van der Waals surface area contributed by atoms with Crippen LogP contribution in [0.15, 0.2) is 23.0 Å². The molecule has 1 aromatic heterocycles. The van der Waals surface area contributed by atoms with Crippen molar-refractivity contribution in [2.24, 2.45) is 0 Å². The lowest BCUT2D eigenvalue weighted by molar-refractivity contribution is -0.135. The number of amides is 2. The molecule has 7 nitrogen and oxygen atoms in total. The van der Waals surface area contributed by atoms with Crippen LogP contribution < -0.4 is 15.7 Å². The Balaban J connectivity index is 1.96. The molecule has 1 atom stereocenters. The first kappa shape index (κ1) is 12.2. The van der Waals surface area contributed by atoms with Crippen molar-refractivity contribution in [2.45, 2.75) is 25.4 Å². The van der Waals surface area contributed by atoms with Gasteiger partial charge >= 0.3 is 5.69 Å². The highest BCUT2D eigenvalue weighted by atomic mass is 16.5. The maximum absolute atomic E-state index is 12.6. The van der Waals surface area contributed by atoms with Crippen LogP contribution in [0.25, 0.3) is 11.0 Å². The zero-order valence-electron chi connectivity index (χ0n) is 11.2. The third-order valence-corrected chi connectivity index (χ3v) is 4.04. The summed E-state index contributed by atoms with van der Waals surface area (Å²) in [6, 6.07) is 4.77. The number of para-hydroxylation sites is 1. The molecule has 1 aromatic carbocycles. The van der Waals surface area contributed by atoms with Crippen LogP contribution in [0, 0.1) is 0 Å². The van der Waals surface area contributed by atoms with Crippen LogP contribution in [0.4, 0.5) is 0 Å². The van der Waals surface area contributed by atoms with E-state index in [-0.39, 0.29) is 18.0 Å². The van der Waals surface area contributed by atoms with E-state index >= 15 is 0 Å². The average Bonchev–Trinajstić information content (AvgIpc) is 2.75. The Labute approximate surface area is 119 Å². The summed E-state index contributed by atoms with van der Waals surface area (Å²) >= 11 is 0. The number of nitrogens with zero attached hydrogens (tertiary/aromatic N) is 2. The molecule has 1 unspecified atom stereocenters. The van der Waals surface area contributed by atoms with Gasteiger partial charge in [-0.1, -0.05) is 6.07 Å². The third-order valence-electron chi connectivity index (χ3n) is 4.04. The van der Waals surface area contributed by atoms with Crippen LogP contribution in [0.5, 0.6) is 5.75 Å². The van der Waals surface area contributed by atoms with Gasteiger partial charge in [0.05, 0.1) is 12.1 Å². The molecule has 2 aliphatic rings. The monoisotopic (exact) mass is 287 g/mol. The summed E-state index contributed by atoms with van der Waals surface area (Å²) < 4.78 is 8.69. The molecule has 1 N–H and O–H groups in total. The molecule has 7 heteroatoms. The molecule has 4 rings (SSSR count). The predicted molar refractivity (Wildman–Crippen MR) is 73.1 cm³/mol. The zero-order valence-corrected chi connectivity index (χ0v) is 11.2. The molecule has 2 amide bonds. The number of hydrogen-bond donors (Lipinski definition) is 1. The Morgan fingerprint density at radius 3 is 2.90 bits per heavy atom. The van der Waals surface area contributed by atoms with Gasteiger partial charge in [-0.25, -0.2) is 4.79 Å². The smallest absolute Gasteiger partial charge is 0.330 e. The molecule has 0 spiro atoms. The predicted octanol–water partition coefficient (Wildman–Crippen LogP) is 0.173. The van der Waals surface area contributed by atoms with E-state index in [1.54, 1.807) is 16.7 Å². The second-order valence-corrected chi connectivity index (χ2v) is 5.24. The van der Waals surface area contributed by atoms with Crippen molar-refractivity contribution in [3.8, 4) is 5.75 Å². The molecule has 1 fully saturated rings. The normalized spacial score (nSPS) is 21.2. The lowest BCUT2D eigenvalue weighted by Crippen LogP contribution is -2.44. The Hall–Kier alpha value is -2.57. The number of piperidine rings is 1. The second kappa shape index (κ2) is 4.21. The van der Waals surface area contributed by atoms with Crippen molar-refractivity contribution in [3.63, 3.8) is 0 Å². The van der Waals surface area contributed by atoms with Crippen LogP contribution in [-0.2, 0) is 16.1 Å². The van der Waals surface area contributed by atoms with Crippen molar-refractivity contribution in [1.29, 1.82) is 0 Å². The minimum Gasteiger partial charge on any atom is -0.489 e. The summed E-state index contributed by atoms with van der Waals surface area (Å²) in [5, 5.41) is 2.30. The fourth-order valence-corrected chi connectivity index (χ4v) is 3.11. The van der Waals surface area contributed by atoms with Gasteiger partial charge in [-0.05, 0) is 18.6 Å². The lowest BCUT2D eigenvalue weighted by atomic mass is 10.1. The first-order chi connectivity index (χ1) is 10.2. The van der Waals surface area contributed by atoms with Crippen LogP contribution in [-0.4, -0.2) is 27.6 Å². The summed E-state index contributed by atoms with van der Waals surface area (Å²) in [5.74, 6) is -0.0544. The standard InChI is InChI=1S/C14H13N3O4/c18-11-5-4-9(13(19)15-11)17-8-2-1-3-10-12(8)16(14(17)20)6-7-21-10/h1-3,9H,4-7H2,(H,15,18,19). The van der Waals surface area contributed by atoms with Crippen molar-refractivity contribution in [3.05, 3.63) is 28.7 Å². The number of aromatic nitrogens is 2. The number of rotatable bonds is 1. The summed E-state index contributed by atoms with van der Waals surface area (Å²) in [6.07, 6.45) is 0.584. The van der Waals surface area contributed by atoms with Crippen LogP contribution in [0.1, 0.15) is 18.9 Å². The molecule has 21 heavy (non-hydrogen) atoms. The fourth-order valence-electron chi connectivity index (χ4n) is 3.11. The number of nitrogens with one attached hydrogen (secondary N) is 1. The minimum atomic E-state index is -0.646. The van der Waals surface area contributed by atoms with Gasteiger partial charge in [0.15, 0.2) is 0 Å². The van der Waals surface area contributed by atoms with Crippen molar-refractivity contribution < 1.29 is 14.3 Å². The highest BCUT2D eigenvalue weighted by Gasteiger charge is 2.32. The molecule has 0 bridgehead atoms. The number of imidazole rings is 1. The summed E-state index contributed by atoms with van der Waals surface area (Å²) in [4.78, 5) is 36.0. The molecule has 0 saturated carbocycles. The number of ether oxygens (including phenoxy) is 1. The number of carbonyl (C=O) groups excluding carboxylic acids is 2. The molecule has 3 heterocycles. The molecule has 2 aromatic rings. The van der Waals surface area contributed by atoms with Gasteiger partial charge in [-0.15, -0.1) is 0 Å². The topological polar surface area (TPSA) is 82.3 Å². The largest absolute Gasteiger partial charge is 0.489 e. The maximum atomic E-state index is 12.6. The Kier molecular flexibility index (Phi) is 2.44. The van der Waals surface area contributed by atoms with E-state index in [4.69, 9.17) is 4.74 Å². The van der Waals surface area contributed by atoms with E-state index in [0.717, 1.165) is 5.52 Å². The van der Waals surface area contributed by atoms with E-state index in [2.05, 4.69) is 5.32 Å². The number of carbonyl (C=O) groups is 2. The maximum Gasteiger partial charge on any atom is 0.330 e. The Morgan fingerprint density at radius 2 is 2.10 bits per heavy atom. The number of hydrogen-bond acceptors (Lipinski definition) is 4. The highest BCUT2D eigenvalue weighted by Crippen LogP contribution is 2.30. The fraction of sp³-hybridized carbons (Fsp3) is 0.357. The van der Waals surface area contributed by atoms with Gasteiger partial charge in [0.2, 0.25) is 11.8 Å². The van der Waals surface area contributed by atoms with Crippen molar-refractivity contribution in [2.75, 3.05) is 6.61 Å². The van der Waals surface area contributed by atoms with Gasteiger partial charge in [-0.2, -0.15) is 0 Å². The first-order valence-electron chi connectivity index (χ1n) is 6.87. The van der Waals surface area contributed by atoms with E-state index in [1.165, 1.54) is 4.57 Å². The third kappa shape index (κ3) is 1.63. The first-order valence-corrected chi connectivity index (χ1v) is 6.87. The van der Waals surface area contributed by atoms with Crippen molar-refractivity contribution >= 4 is 22.8 Å². The second-order valence-electron chi connectivity index (χ2n) is 5.24. The molecule has 0 aliphatic carbocycles. The Morgan fingerprint density at radius 1 is 1.24 bits per heavy atom. The van der Waals surface area contributed by atoms with Crippen LogP contribution in [0.3, 0.4) is 0 Å². The summed E-state index contributed by atoms with van der Waals surface area (Å²) in [7, 11) is 0. The van der Waals surface area contributed by atoms with Gasteiger partial charge in [-0.3, -0.25) is 24.0 Å². The SMILES string of the molecule is O=C1CCC(n2c(=O)n3c4c(cccc42)OCC3)C(=O)N1. The molecule has 2 aliphatic heterocycles. The van der Waals surface area contributed by atoms with E-state index < -0.39 is 11.9 Å². The van der Waals surface area contributed by atoms with Gasteiger partial charge in [0.1, 0.15) is 23.9 Å². The van der Waals surface area contributed by atoms with E-state index in [9.17, 15) is 14.4 Å². The van der Waals surface area contributed by atoms with Crippen molar-refractivity contribution in [1.82, 2.24) is 14.5 Å². The number of imide groups is 1. The van der Waals surface area contributed by atoms with Crippen LogP contribution >= 0.6 is 0 Å². The molecule has 1 saturated heterocycles. The average molecular weight is 287 g/mol. The zero-order chi connectivity index (χ0) is 14.6. The number of benzene rings is 1. The Bertz CT molecular complexity index is 833. The molecule has 0 radical (unpaired) electrons. The molecular formula is C14H13N3O4. The van der Waals surface area contributed by atoms with Gasteiger partial charge in [0.25, 0.3) is 0 Å². The lowest BCUT2D eigenvalue weighted by Gasteiger charge is -2.21. The van der Waals surface area contributed by atoms with E-state index in [1.807, 2.05) is 6.07 Å². The minimum absolute atomic E-state index is 0.227. The van der Waals surface area contributed by atoms with Gasteiger partial charge in [0, 0.05) is 6.42 Å². The molecular weight excluding hydrogens is 274 g/mol.